The molecule has 0 saturated carbocycles. The summed E-state index contributed by atoms with van der Waals surface area (Å²) in [6.45, 7) is 2.33. The van der Waals surface area contributed by atoms with Crippen molar-refractivity contribution in [2.45, 2.75) is 20.5 Å². The van der Waals surface area contributed by atoms with Gasteiger partial charge in [0.15, 0.2) is 0 Å². The van der Waals surface area contributed by atoms with E-state index in [0.29, 0.717) is 0 Å². The normalized spacial score (nSPS) is 9.67. The minimum atomic E-state index is -0.804. The van der Waals surface area contributed by atoms with Crippen LogP contribution < -0.4 is 0 Å². The van der Waals surface area contributed by atoms with E-state index in [1.807, 2.05) is 18.2 Å². The van der Waals surface area contributed by atoms with Gasteiger partial charge in [-0.25, -0.2) is 9.69 Å². The van der Waals surface area contributed by atoms with Crippen LogP contribution in [0, 0.1) is 0 Å². The molecule has 0 spiro atoms. The molecule has 0 N–H and O–H groups in total. The van der Waals surface area contributed by atoms with Crippen LogP contribution in [0.4, 0.5) is 4.79 Å². The summed E-state index contributed by atoms with van der Waals surface area (Å²) >= 11 is 0. The molecule has 0 bridgehead atoms. The van der Waals surface area contributed by atoms with Crippen molar-refractivity contribution in [3.05, 3.63) is 35.9 Å². The average molecular weight is 249 g/mol. The maximum absolute atomic E-state index is 11.6. The van der Waals surface area contributed by atoms with Crippen LogP contribution in [0.1, 0.15) is 19.4 Å². The lowest BCUT2D eigenvalue weighted by molar-refractivity contribution is -0.131. The largest absolute Gasteiger partial charge is 0.444 e. The quantitative estimate of drug-likeness (QED) is 0.815. The van der Waals surface area contributed by atoms with E-state index in [2.05, 4.69) is 0 Å². The lowest BCUT2D eigenvalue weighted by Gasteiger charge is -2.17. The molecule has 0 fully saturated rings. The molecule has 0 unspecified atom stereocenters. The molecule has 0 aliphatic carbocycles. The minimum absolute atomic E-state index is 0.0708. The SMILES string of the molecule is CC(=O)CN(C(C)=O)C(=O)OCc1ccccc1. The fourth-order valence-corrected chi connectivity index (χ4v) is 1.32. The molecule has 0 atom stereocenters. The third-order valence-electron chi connectivity index (χ3n) is 2.19. The van der Waals surface area contributed by atoms with Gasteiger partial charge < -0.3 is 4.74 Å². The smallest absolute Gasteiger partial charge is 0.417 e. The van der Waals surface area contributed by atoms with Crippen LogP contribution in [0.5, 0.6) is 0 Å². The number of rotatable bonds is 4. The van der Waals surface area contributed by atoms with Gasteiger partial charge in [-0.2, -0.15) is 0 Å². The van der Waals surface area contributed by atoms with Crippen molar-refractivity contribution in [3.8, 4) is 0 Å². The highest BCUT2D eigenvalue weighted by Crippen LogP contribution is 2.03. The third-order valence-corrected chi connectivity index (χ3v) is 2.19. The van der Waals surface area contributed by atoms with Gasteiger partial charge in [-0.15, -0.1) is 0 Å². The first-order valence-corrected chi connectivity index (χ1v) is 5.49. The van der Waals surface area contributed by atoms with Gasteiger partial charge in [-0.1, -0.05) is 30.3 Å². The van der Waals surface area contributed by atoms with Crippen molar-refractivity contribution in [3.63, 3.8) is 0 Å². The second-order valence-corrected chi connectivity index (χ2v) is 3.85. The van der Waals surface area contributed by atoms with Crippen molar-refractivity contribution in [1.29, 1.82) is 0 Å². The summed E-state index contributed by atoms with van der Waals surface area (Å²) < 4.78 is 4.97. The van der Waals surface area contributed by atoms with Crippen LogP contribution in [0.25, 0.3) is 0 Å². The van der Waals surface area contributed by atoms with Gasteiger partial charge in [-0.05, 0) is 12.5 Å². The summed E-state index contributed by atoms with van der Waals surface area (Å²) in [6, 6.07) is 9.10. The maximum atomic E-state index is 11.6. The fourth-order valence-electron chi connectivity index (χ4n) is 1.32. The van der Waals surface area contributed by atoms with Crippen LogP contribution in [0.2, 0.25) is 0 Å². The molecule has 1 aromatic rings. The molecule has 96 valence electrons. The van der Waals surface area contributed by atoms with Crippen LogP contribution in [0.15, 0.2) is 30.3 Å². The molecule has 18 heavy (non-hydrogen) atoms. The predicted octanol–water partition coefficient (Wildman–Crippen LogP) is 1.76. The Morgan fingerprint density at radius 1 is 1.11 bits per heavy atom. The zero-order valence-electron chi connectivity index (χ0n) is 10.4. The number of carbonyl (C=O) groups excluding carboxylic acids is 3. The van der Waals surface area contributed by atoms with Crippen molar-refractivity contribution in [1.82, 2.24) is 4.90 Å². The Kier molecular flexibility index (Phi) is 5.05. The molecular formula is C13H15NO4. The van der Waals surface area contributed by atoms with E-state index in [4.69, 9.17) is 4.74 Å². The summed E-state index contributed by atoms with van der Waals surface area (Å²) in [7, 11) is 0. The van der Waals surface area contributed by atoms with E-state index >= 15 is 0 Å². The Hall–Kier alpha value is -2.17. The van der Waals surface area contributed by atoms with Crippen molar-refractivity contribution < 1.29 is 19.1 Å². The molecule has 0 aliphatic heterocycles. The lowest BCUT2D eigenvalue weighted by Crippen LogP contribution is -2.38. The molecule has 0 aromatic heterocycles. The number of hydrogen-bond acceptors (Lipinski definition) is 4. The number of amides is 2. The number of Topliss-reactive ketones (excluding diaryl/α,β-unsaturated/α-hetero) is 1. The molecule has 0 heterocycles. The lowest BCUT2D eigenvalue weighted by atomic mass is 10.2. The highest BCUT2D eigenvalue weighted by atomic mass is 16.6. The van der Waals surface area contributed by atoms with E-state index in [1.54, 1.807) is 12.1 Å². The summed E-state index contributed by atoms with van der Waals surface area (Å²) in [5, 5.41) is 0. The average Bonchev–Trinajstić information content (AvgIpc) is 2.34. The van der Waals surface area contributed by atoms with Crippen molar-refractivity contribution >= 4 is 17.8 Å². The van der Waals surface area contributed by atoms with Crippen LogP contribution in [0.3, 0.4) is 0 Å². The third kappa shape index (κ3) is 4.37. The molecule has 0 radical (unpaired) electrons. The standard InChI is InChI=1S/C13H15NO4/c1-10(15)8-14(11(2)16)13(17)18-9-12-6-4-3-5-7-12/h3-7H,8-9H2,1-2H3. The highest BCUT2D eigenvalue weighted by Gasteiger charge is 2.20. The second kappa shape index (κ2) is 6.54. The second-order valence-electron chi connectivity index (χ2n) is 3.85. The molecule has 0 saturated heterocycles. The van der Waals surface area contributed by atoms with Crippen LogP contribution >= 0.6 is 0 Å². The zero-order chi connectivity index (χ0) is 13.5. The summed E-state index contributed by atoms with van der Waals surface area (Å²) in [5.41, 5.74) is 0.817. The highest BCUT2D eigenvalue weighted by molar-refractivity contribution is 5.95. The fraction of sp³-hybridized carbons (Fsp3) is 0.308. The first-order chi connectivity index (χ1) is 8.50. The summed E-state index contributed by atoms with van der Waals surface area (Å²) in [6.07, 6.45) is -0.804. The van der Waals surface area contributed by atoms with E-state index in [-0.39, 0.29) is 18.9 Å². The van der Waals surface area contributed by atoms with E-state index < -0.39 is 12.0 Å². The number of benzene rings is 1. The molecule has 1 aromatic carbocycles. The Labute approximate surface area is 105 Å². The number of ether oxygens (including phenoxy) is 1. The van der Waals surface area contributed by atoms with Gasteiger partial charge in [0.1, 0.15) is 12.4 Å². The number of hydrogen-bond donors (Lipinski definition) is 0. The van der Waals surface area contributed by atoms with Gasteiger partial charge in [0.2, 0.25) is 5.91 Å². The van der Waals surface area contributed by atoms with E-state index in [1.165, 1.54) is 13.8 Å². The Balaban J connectivity index is 2.57. The van der Waals surface area contributed by atoms with Gasteiger partial charge in [0.25, 0.3) is 0 Å². The number of ketones is 1. The zero-order valence-corrected chi connectivity index (χ0v) is 10.4. The predicted molar refractivity (Wildman–Crippen MR) is 64.7 cm³/mol. The van der Waals surface area contributed by atoms with Crippen molar-refractivity contribution in [2.75, 3.05) is 6.54 Å². The number of carbonyl (C=O) groups is 3. The molecule has 1 rings (SSSR count). The molecular weight excluding hydrogens is 234 g/mol. The van der Waals surface area contributed by atoms with Gasteiger partial charge in [0.05, 0.1) is 6.54 Å². The van der Waals surface area contributed by atoms with E-state index in [0.717, 1.165) is 10.5 Å². The minimum Gasteiger partial charge on any atom is -0.444 e. The Morgan fingerprint density at radius 3 is 2.22 bits per heavy atom. The molecule has 5 heteroatoms. The summed E-state index contributed by atoms with van der Waals surface area (Å²) in [5.74, 6) is -0.787. The van der Waals surface area contributed by atoms with Gasteiger partial charge >= 0.3 is 6.09 Å². The Bertz CT molecular complexity index is 442. The maximum Gasteiger partial charge on any atom is 0.417 e. The molecule has 5 nitrogen and oxygen atoms in total. The monoisotopic (exact) mass is 249 g/mol. The van der Waals surface area contributed by atoms with E-state index in [9.17, 15) is 14.4 Å². The number of nitrogens with zero attached hydrogens (tertiary/aromatic N) is 1. The molecule has 2 amide bonds. The van der Waals surface area contributed by atoms with Crippen LogP contribution in [-0.4, -0.2) is 29.2 Å². The van der Waals surface area contributed by atoms with Gasteiger partial charge in [0, 0.05) is 6.92 Å². The first-order valence-electron chi connectivity index (χ1n) is 5.49. The molecule has 0 aliphatic rings. The van der Waals surface area contributed by atoms with Crippen molar-refractivity contribution in [2.24, 2.45) is 0 Å². The Morgan fingerprint density at radius 2 is 1.72 bits per heavy atom. The number of imide groups is 1. The van der Waals surface area contributed by atoms with Gasteiger partial charge in [-0.3, -0.25) is 9.59 Å². The first kappa shape index (κ1) is 13.9. The summed E-state index contributed by atoms with van der Waals surface area (Å²) in [4.78, 5) is 34.5. The van der Waals surface area contributed by atoms with Crippen LogP contribution in [-0.2, 0) is 20.9 Å². The topological polar surface area (TPSA) is 63.7 Å².